The number of hydrogen-bond donors (Lipinski definition) is 0. The Morgan fingerprint density at radius 1 is 1.38 bits per heavy atom. The molecule has 0 N–H and O–H groups in total. The first-order valence-electron chi connectivity index (χ1n) is 4.66. The van der Waals surface area contributed by atoms with Crippen molar-refractivity contribution in [2.24, 2.45) is 0 Å². The highest BCUT2D eigenvalue weighted by atomic mass is 79.9. The van der Waals surface area contributed by atoms with Gasteiger partial charge in [0, 0.05) is 10.9 Å². The van der Waals surface area contributed by atoms with Gasteiger partial charge in [-0.25, -0.2) is 4.39 Å². The van der Waals surface area contributed by atoms with Gasteiger partial charge in [-0.15, -0.1) is 0 Å². The van der Waals surface area contributed by atoms with Crippen molar-refractivity contribution in [2.75, 3.05) is 0 Å². The highest BCUT2D eigenvalue weighted by Crippen LogP contribution is 2.17. The second-order valence-corrected chi connectivity index (χ2v) is 4.27. The van der Waals surface area contributed by atoms with Crippen molar-refractivity contribution < 1.29 is 13.6 Å². The molecule has 0 unspecified atom stereocenters. The minimum absolute atomic E-state index is 0.101. The molecule has 0 aliphatic carbocycles. The Bertz CT molecular complexity index is 506. The zero-order valence-corrected chi connectivity index (χ0v) is 9.83. The van der Waals surface area contributed by atoms with E-state index in [0.717, 1.165) is 5.56 Å². The van der Waals surface area contributed by atoms with Crippen LogP contribution < -0.4 is 0 Å². The first-order chi connectivity index (χ1) is 7.66. The number of furan rings is 1. The van der Waals surface area contributed by atoms with E-state index >= 15 is 0 Å². The Balaban J connectivity index is 2.21. The molecule has 0 radical (unpaired) electrons. The third-order valence-corrected chi connectivity index (χ3v) is 2.67. The van der Waals surface area contributed by atoms with Gasteiger partial charge >= 0.3 is 0 Å². The lowest BCUT2D eigenvalue weighted by Gasteiger charge is -2.01. The second-order valence-electron chi connectivity index (χ2n) is 3.36. The van der Waals surface area contributed by atoms with Crippen molar-refractivity contribution in [1.29, 1.82) is 0 Å². The summed E-state index contributed by atoms with van der Waals surface area (Å²) in [4.78, 5) is 11.7. The summed E-state index contributed by atoms with van der Waals surface area (Å²) >= 11 is 3.14. The highest BCUT2D eigenvalue weighted by molar-refractivity contribution is 9.10. The Morgan fingerprint density at radius 3 is 2.81 bits per heavy atom. The molecule has 2 rings (SSSR count). The van der Waals surface area contributed by atoms with Crippen LogP contribution in [0.25, 0.3) is 0 Å². The average Bonchev–Trinajstić information content (AvgIpc) is 2.70. The summed E-state index contributed by atoms with van der Waals surface area (Å²) in [6.07, 6.45) is 3.12. The molecule has 0 aliphatic rings. The maximum atomic E-state index is 13.5. The molecule has 82 valence electrons. The molecule has 0 saturated carbocycles. The lowest BCUT2D eigenvalue weighted by atomic mass is 10.0. The van der Waals surface area contributed by atoms with Crippen LogP contribution in [0.1, 0.15) is 15.9 Å². The summed E-state index contributed by atoms with van der Waals surface area (Å²) < 4.78 is 18.9. The maximum absolute atomic E-state index is 13.5. The molecule has 0 spiro atoms. The summed E-state index contributed by atoms with van der Waals surface area (Å²) in [6, 6.07) is 6.09. The predicted octanol–water partition coefficient (Wildman–Crippen LogP) is 3.61. The fourth-order valence-electron chi connectivity index (χ4n) is 1.39. The average molecular weight is 283 g/mol. The fraction of sp³-hybridized carbons (Fsp3) is 0.0833. The monoisotopic (exact) mass is 282 g/mol. The summed E-state index contributed by atoms with van der Waals surface area (Å²) in [5.74, 6) is -0.769. The number of benzene rings is 1. The first-order valence-corrected chi connectivity index (χ1v) is 5.45. The van der Waals surface area contributed by atoms with Crippen molar-refractivity contribution in [3.05, 3.63) is 58.2 Å². The van der Waals surface area contributed by atoms with Crippen LogP contribution in [0.4, 0.5) is 4.39 Å². The van der Waals surface area contributed by atoms with Crippen LogP contribution in [0.5, 0.6) is 0 Å². The lowest BCUT2D eigenvalue weighted by molar-refractivity contribution is 0.0989. The molecular weight excluding hydrogens is 275 g/mol. The first kappa shape index (κ1) is 11.1. The van der Waals surface area contributed by atoms with E-state index in [2.05, 4.69) is 15.9 Å². The van der Waals surface area contributed by atoms with Gasteiger partial charge in [-0.05, 0) is 29.8 Å². The number of ketones is 1. The van der Waals surface area contributed by atoms with E-state index in [0.29, 0.717) is 4.47 Å². The molecule has 1 aromatic heterocycles. The number of Topliss-reactive ketones (excluding diaryl/α,β-unsaturated/α-hetero) is 1. The van der Waals surface area contributed by atoms with Crippen LogP contribution in [-0.4, -0.2) is 5.78 Å². The van der Waals surface area contributed by atoms with E-state index in [4.69, 9.17) is 4.42 Å². The van der Waals surface area contributed by atoms with E-state index in [1.165, 1.54) is 24.7 Å². The molecule has 0 bridgehead atoms. The van der Waals surface area contributed by atoms with Gasteiger partial charge in [0.25, 0.3) is 0 Å². The molecule has 16 heavy (non-hydrogen) atoms. The van der Waals surface area contributed by atoms with Gasteiger partial charge in [-0.1, -0.05) is 15.9 Å². The second kappa shape index (κ2) is 4.61. The van der Waals surface area contributed by atoms with Crippen molar-refractivity contribution in [2.45, 2.75) is 6.42 Å². The highest BCUT2D eigenvalue weighted by Gasteiger charge is 2.12. The zero-order valence-electron chi connectivity index (χ0n) is 8.24. The Hall–Kier alpha value is -1.42. The molecule has 0 atom stereocenters. The SMILES string of the molecule is O=C(Cc1ccoc1)c1ccc(Br)cc1F. The van der Waals surface area contributed by atoms with Crippen LogP contribution in [0.15, 0.2) is 45.7 Å². The molecule has 0 amide bonds. The van der Waals surface area contributed by atoms with Crippen molar-refractivity contribution in [3.63, 3.8) is 0 Å². The Labute approximate surface area is 100 Å². The summed E-state index contributed by atoms with van der Waals surface area (Å²) in [7, 11) is 0. The minimum Gasteiger partial charge on any atom is -0.472 e. The minimum atomic E-state index is -0.511. The van der Waals surface area contributed by atoms with Gasteiger partial charge in [0.15, 0.2) is 5.78 Å². The third kappa shape index (κ3) is 2.39. The normalized spacial score (nSPS) is 10.4. The van der Waals surface area contributed by atoms with Crippen LogP contribution >= 0.6 is 15.9 Å². The van der Waals surface area contributed by atoms with Gasteiger partial charge in [0.1, 0.15) is 5.82 Å². The fourth-order valence-corrected chi connectivity index (χ4v) is 1.72. The van der Waals surface area contributed by atoms with Crippen LogP contribution in [0, 0.1) is 5.82 Å². The van der Waals surface area contributed by atoms with E-state index in [1.807, 2.05) is 0 Å². The Kier molecular flexibility index (Phi) is 3.19. The van der Waals surface area contributed by atoms with Crippen LogP contribution in [0.2, 0.25) is 0 Å². The lowest BCUT2D eigenvalue weighted by Crippen LogP contribution is -2.05. The molecule has 2 nitrogen and oxygen atoms in total. The Morgan fingerprint density at radius 2 is 2.19 bits per heavy atom. The predicted molar refractivity (Wildman–Crippen MR) is 60.8 cm³/mol. The molecule has 2 aromatic rings. The van der Waals surface area contributed by atoms with Crippen molar-refractivity contribution in [1.82, 2.24) is 0 Å². The van der Waals surface area contributed by atoms with Crippen LogP contribution in [0.3, 0.4) is 0 Å². The maximum Gasteiger partial charge on any atom is 0.170 e. The van der Waals surface area contributed by atoms with E-state index < -0.39 is 5.82 Å². The van der Waals surface area contributed by atoms with Gasteiger partial charge in [0.2, 0.25) is 0 Å². The number of carbonyl (C=O) groups is 1. The molecule has 1 aromatic carbocycles. The van der Waals surface area contributed by atoms with Crippen LogP contribution in [-0.2, 0) is 6.42 Å². The number of carbonyl (C=O) groups excluding carboxylic acids is 1. The topological polar surface area (TPSA) is 30.2 Å². The smallest absolute Gasteiger partial charge is 0.170 e. The molecule has 0 saturated heterocycles. The number of halogens is 2. The quantitative estimate of drug-likeness (QED) is 0.805. The van der Waals surface area contributed by atoms with E-state index in [9.17, 15) is 9.18 Å². The number of rotatable bonds is 3. The summed E-state index contributed by atoms with van der Waals surface area (Å²) in [5, 5.41) is 0. The van der Waals surface area contributed by atoms with Crippen molar-refractivity contribution >= 4 is 21.7 Å². The summed E-state index contributed by atoms with van der Waals surface area (Å²) in [6.45, 7) is 0. The van der Waals surface area contributed by atoms with Gasteiger partial charge in [0.05, 0.1) is 18.1 Å². The van der Waals surface area contributed by atoms with Gasteiger partial charge in [-0.2, -0.15) is 0 Å². The number of hydrogen-bond acceptors (Lipinski definition) is 2. The molecular formula is C12H8BrFO2. The molecule has 0 fully saturated rings. The van der Waals surface area contributed by atoms with E-state index in [1.54, 1.807) is 12.1 Å². The van der Waals surface area contributed by atoms with E-state index in [-0.39, 0.29) is 17.8 Å². The largest absolute Gasteiger partial charge is 0.472 e. The zero-order chi connectivity index (χ0) is 11.5. The molecule has 0 aliphatic heterocycles. The van der Waals surface area contributed by atoms with Crippen molar-refractivity contribution in [3.8, 4) is 0 Å². The molecule has 4 heteroatoms. The standard InChI is InChI=1S/C12H8BrFO2/c13-9-1-2-10(11(14)6-9)12(15)5-8-3-4-16-7-8/h1-4,6-7H,5H2. The molecule has 1 heterocycles. The van der Waals surface area contributed by atoms with Gasteiger partial charge < -0.3 is 4.42 Å². The van der Waals surface area contributed by atoms with Gasteiger partial charge in [-0.3, -0.25) is 4.79 Å². The summed E-state index contributed by atoms with van der Waals surface area (Å²) in [5.41, 5.74) is 0.844. The third-order valence-electron chi connectivity index (χ3n) is 2.18.